The zero-order valence-electron chi connectivity index (χ0n) is 18.5. The number of rotatable bonds is 6. The maximum atomic E-state index is 5.02. The second kappa shape index (κ2) is 9.03. The highest BCUT2D eigenvalue weighted by molar-refractivity contribution is 5.79. The maximum absolute atomic E-state index is 5.02. The molecule has 1 heterocycles. The van der Waals surface area contributed by atoms with Gasteiger partial charge in [-0.2, -0.15) is 0 Å². The molecule has 1 aromatic carbocycles. The highest BCUT2D eigenvalue weighted by Gasteiger charge is 2.19. The van der Waals surface area contributed by atoms with E-state index < -0.39 is 0 Å². The molecule has 1 saturated carbocycles. The molecule has 2 nitrogen and oxygen atoms in total. The van der Waals surface area contributed by atoms with Crippen LogP contribution in [0.1, 0.15) is 107 Å². The van der Waals surface area contributed by atoms with Crippen molar-refractivity contribution in [3.63, 3.8) is 0 Å². The second-order valence-corrected chi connectivity index (χ2v) is 9.20. The van der Waals surface area contributed by atoms with Crippen LogP contribution in [0.3, 0.4) is 0 Å². The Bertz CT molecular complexity index is 795. The Hall–Kier alpha value is -1.96. The summed E-state index contributed by atoms with van der Waals surface area (Å²) in [7, 11) is 0. The fourth-order valence-corrected chi connectivity index (χ4v) is 4.15. The normalized spacial score (nSPS) is 15.6. The molecule has 2 heteroatoms. The van der Waals surface area contributed by atoms with Crippen LogP contribution in [0.5, 0.6) is 0 Å². The summed E-state index contributed by atoms with van der Waals surface area (Å²) in [5, 5.41) is 0. The molecule has 0 atom stereocenters. The Labute approximate surface area is 171 Å². The average Bonchev–Trinajstić information content (AvgIpc) is 3.19. The number of hydrogen-bond acceptors (Lipinski definition) is 2. The van der Waals surface area contributed by atoms with Crippen LogP contribution in [-0.4, -0.2) is 17.2 Å². The molecular formula is C26H36N2. The third-order valence-electron chi connectivity index (χ3n) is 5.90. The fourth-order valence-electron chi connectivity index (χ4n) is 4.15. The summed E-state index contributed by atoms with van der Waals surface area (Å²) in [6, 6.07) is 11.7. The SMILES string of the molecule is CC(C)c1cc(C(C)C)c(-c2cccc(C=NC3CCCC3)n2)c(C(C)C)c1. The van der Waals surface area contributed by atoms with Gasteiger partial charge in [0.25, 0.3) is 0 Å². The van der Waals surface area contributed by atoms with Crippen molar-refractivity contribution >= 4 is 6.21 Å². The quantitative estimate of drug-likeness (QED) is 0.480. The van der Waals surface area contributed by atoms with E-state index in [1.54, 1.807) is 0 Å². The molecular weight excluding hydrogens is 340 g/mol. The largest absolute Gasteiger partial charge is 0.288 e. The number of nitrogens with zero attached hydrogens (tertiary/aromatic N) is 2. The van der Waals surface area contributed by atoms with Crippen molar-refractivity contribution in [1.82, 2.24) is 4.98 Å². The smallest absolute Gasteiger partial charge is 0.0815 e. The van der Waals surface area contributed by atoms with E-state index in [9.17, 15) is 0 Å². The van der Waals surface area contributed by atoms with Gasteiger partial charge in [0.2, 0.25) is 0 Å². The fraction of sp³-hybridized carbons (Fsp3) is 0.538. The topological polar surface area (TPSA) is 25.2 Å². The van der Waals surface area contributed by atoms with Crippen LogP contribution in [0.15, 0.2) is 35.3 Å². The third kappa shape index (κ3) is 4.71. The standard InChI is InChI=1S/C26H36N2/c1-17(2)20-14-23(18(3)4)26(24(15-20)19(5)6)25-13-9-12-22(28-25)16-27-21-10-7-8-11-21/h9,12-19,21H,7-8,10-11H2,1-6H3. The van der Waals surface area contributed by atoms with Crippen molar-refractivity contribution in [2.45, 2.75) is 91.0 Å². The highest BCUT2D eigenvalue weighted by Crippen LogP contribution is 2.38. The molecule has 1 aliphatic carbocycles. The summed E-state index contributed by atoms with van der Waals surface area (Å²) in [5.74, 6) is 1.45. The molecule has 28 heavy (non-hydrogen) atoms. The van der Waals surface area contributed by atoms with Crippen LogP contribution in [0.25, 0.3) is 11.3 Å². The Morgan fingerprint density at radius 1 is 0.893 bits per heavy atom. The summed E-state index contributed by atoms with van der Waals surface area (Å²) >= 11 is 0. The first-order valence-corrected chi connectivity index (χ1v) is 11.0. The van der Waals surface area contributed by atoms with E-state index in [1.165, 1.54) is 47.9 Å². The Kier molecular flexibility index (Phi) is 6.69. The van der Waals surface area contributed by atoms with Gasteiger partial charge in [-0.25, -0.2) is 4.98 Å². The minimum absolute atomic E-state index is 0.462. The zero-order valence-corrected chi connectivity index (χ0v) is 18.5. The molecule has 0 unspecified atom stereocenters. The van der Waals surface area contributed by atoms with Crippen molar-refractivity contribution in [3.8, 4) is 11.3 Å². The Balaban J connectivity index is 2.07. The van der Waals surface area contributed by atoms with Crippen molar-refractivity contribution < 1.29 is 0 Å². The van der Waals surface area contributed by atoms with Gasteiger partial charge in [0.1, 0.15) is 0 Å². The lowest BCUT2D eigenvalue weighted by Gasteiger charge is -2.22. The number of pyridine rings is 1. The molecule has 1 aliphatic rings. The van der Waals surface area contributed by atoms with E-state index in [2.05, 4.69) is 71.9 Å². The molecule has 150 valence electrons. The monoisotopic (exact) mass is 376 g/mol. The number of hydrogen-bond donors (Lipinski definition) is 0. The second-order valence-electron chi connectivity index (χ2n) is 9.20. The van der Waals surface area contributed by atoms with E-state index >= 15 is 0 Å². The van der Waals surface area contributed by atoms with Gasteiger partial charge in [-0.15, -0.1) is 0 Å². The van der Waals surface area contributed by atoms with Gasteiger partial charge in [0.15, 0.2) is 0 Å². The van der Waals surface area contributed by atoms with Crippen LogP contribution in [0, 0.1) is 0 Å². The predicted molar refractivity (Wildman–Crippen MR) is 122 cm³/mol. The van der Waals surface area contributed by atoms with Crippen molar-refractivity contribution in [2.75, 3.05) is 0 Å². The lowest BCUT2D eigenvalue weighted by Crippen LogP contribution is -2.05. The number of aliphatic imine (C=N–C) groups is 1. The minimum atomic E-state index is 0.462. The number of benzene rings is 1. The first-order chi connectivity index (χ1) is 13.4. The summed E-state index contributed by atoms with van der Waals surface area (Å²) in [5.41, 5.74) is 7.63. The van der Waals surface area contributed by atoms with Crippen LogP contribution in [-0.2, 0) is 0 Å². The summed E-state index contributed by atoms with van der Waals surface area (Å²) in [6.07, 6.45) is 7.07. The summed E-state index contributed by atoms with van der Waals surface area (Å²) in [4.78, 5) is 9.81. The van der Waals surface area contributed by atoms with E-state index in [4.69, 9.17) is 9.98 Å². The lowest BCUT2D eigenvalue weighted by molar-refractivity contribution is 0.710. The van der Waals surface area contributed by atoms with E-state index in [-0.39, 0.29) is 0 Å². The molecule has 0 saturated heterocycles. The van der Waals surface area contributed by atoms with E-state index in [0.717, 1.165) is 11.4 Å². The third-order valence-corrected chi connectivity index (χ3v) is 5.90. The first kappa shape index (κ1) is 20.8. The van der Waals surface area contributed by atoms with Gasteiger partial charge in [0.05, 0.1) is 17.4 Å². The van der Waals surface area contributed by atoms with Gasteiger partial charge in [0, 0.05) is 11.8 Å². The lowest BCUT2D eigenvalue weighted by atomic mass is 9.83. The van der Waals surface area contributed by atoms with Crippen molar-refractivity contribution in [3.05, 3.63) is 52.7 Å². The summed E-state index contributed by atoms with van der Waals surface area (Å²) in [6.45, 7) is 13.7. The molecule has 0 spiro atoms. The minimum Gasteiger partial charge on any atom is -0.288 e. The van der Waals surface area contributed by atoms with Crippen LogP contribution in [0.4, 0.5) is 0 Å². The molecule has 0 aliphatic heterocycles. The van der Waals surface area contributed by atoms with E-state index in [0.29, 0.717) is 23.8 Å². The van der Waals surface area contributed by atoms with Crippen molar-refractivity contribution in [1.29, 1.82) is 0 Å². The van der Waals surface area contributed by atoms with Gasteiger partial charge < -0.3 is 0 Å². The van der Waals surface area contributed by atoms with Gasteiger partial charge >= 0.3 is 0 Å². The molecule has 1 fully saturated rings. The van der Waals surface area contributed by atoms with Crippen LogP contribution < -0.4 is 0 Å². The Morgan fingerprint density at radius 3 is 2.04 bits per heavy atom. The molecule has 0 bridgehead atoms. The van der Waals surface area contributed by atoms with Crippen LogP contribution >= 0.6 is 0 Å². The molecule has 0 N–H and O–H groups in total. The number of aromatic nitrogens is 1. The van der Waals surface area contributed by atoms with E-state index in [1.807, 2.05) is 6.21 Å². The molecule has 1 aromatic heterocycles. The highest BCUT2D eigenvalue weighted by atomic mass is 14.8. The van der Waals surface area contributed by atoms with Gasteiger partial charge in [-0.3, -0.25) is 4.99 Å². The Morgan fingerprint density at radius 2 is 1.50 bits per heavy atom. The predicted octanol–water partition coefficient (Wildman–Crippen LogP) is 7.48. The zero-order chi connectivity index (χ0) is 20.3. The first-order valence-electron chi connectivity index (χ1n) is 11.0. The molecule has 2 aromatic rings. The molecule has 0 radical (unpaired) electrons. The van der Waals surface area contributed by atoms with Gasteiger partial charge in [-0.1, -0.05) is 72.6 Å². The van der Waals surface area contributed by atoms with Crippen LogP contribution in [0.2, 0.25) is 0 Å². The molecule has 0 amide bonds. The maximum Gasteiger partial charge on any atom is 0.0815 e. The van der Waals surface area contributed by atoms with Crippen molar-refractivity contribution in [2.24, 2.45) is 4.99 Å². The molecule has 3 rings (SSSR count). The van der Waals surface area contributed by atoms with Gasteiger partial charge in [-0.05, 0) is 59.4 Å². The average molecular weight is 377 g/mol. The summed E-state index contributed by atoms with van der Waals surface area (Å²) < 4.78 is 0.